The summed E-state index contributed by atoms with van der Waals surface area (Å²) in [5, 5.41) is 0. The van der Waals surface area contributed by atoms with Gasteiger partial charge in [-0.25, -0.2) is 14.2 Å². The number of benzene rings is 2. The van der Waals surface area contributed by atoms with E-state index in [0.29, 0.717) is 31.1 Å². The van der Waals surface area contributed by atoms with Crippen LogP contribution < -0.4 is 9.46 Å². The van der Waals surface area contributed by atoms with E-state index in [4.69, 9.17) is 14.5 Å². The number of carbonyl (C=O) groups excluding carboxylic acids is 1. The lowest BCUT2D eigenvalue weighted by molar-refractivity contribution is 0.0945. The molecular formula is C32H38FN3O4S. The minimum absolute atomic E-state index is 0.0541. The van der Waals surface area contributed by atoms with Crippen LogP contribution >= 0.6 is 0 Å². The van der Waals surface area contributed by atoms with Gasteiger partial charge in [-0.2, -0.15) is 0 Å². The fourth-order valence-electron chi connectivity index (χ4n) is 5.09. The van der Waals surface area contributed by atoms with Crippen LogP contribution in [-0.4, -0.2) is 44.5 Å². The van der Waals surface area contributed by atoms with Gasteiger partial charge < -0.3 is 18.9 Å². The van der Waals surface area contributed by atoms with Gasteiger partial charge in [0.25, 0.3) is 0 Å². The lowest BCUT2D eigenvalue weighted by atomic mass is 9.90. The smallest absolute Gasteiger partial charge is 0.410 e. The molecule has 2 heterocycles. The molecule has 1 aliphatic carbocycles. The number of halogens is 1. The fourth-order valence-corrected chi connectivity index (χ4v) is 6.07. The molecule has 1 amide bonds. The number of rotatable bonds is 9. The van der Waals surface area contributed by atoms with E-state index in [9.17, 15) is 13.7 Å². The second-order valence-corrected chi connectivity index (χ2v) is 14.1. The molecular weight excluding hydrogens is 541 g/mol. The maximum absolute atomic E-state index is 13.7. The minimum atomic E-state index is -1.30. The summed E-state index contributed by atoms with van der Waals surface area (Å²) >= 11 is -1.30. The zero-order valence-corrected chi connectivity index (χ0v) is 25.0. The molecule has 2 aromatic carbocycles. The Balaban J connectivity index is 1.31. The highest BCUT2D eigenvalue weighted by Gasteiger charge is 2.59. The first-order valence-corrected chi connectivity index (χ1v) is 15.2. The third kappa shape index (κ3) is 6.68. The van der Waals surface area contributed by atoms with E-state index in [2.05, 4.69) is 4.72 Å². The monoisotopic (exact) mass is 579 g/mol. The molecule has 7 nitrogen and oxygen atoms in total. The van der Waals surface area contributed by atoms with Crippen molar-refractivity contribution in [3.8, 4) is 17.1 Å². The first kappa shape index (κ1) is 29.4. The van der Waals surface area contributed by atoms with E-state index in [-0.39, 0.29) is 36.5 Å². The van der Waals surface area contributed by atoms with Crippen LogP contribution in [0.4, 0.5) is 9.18 Å². The summed E-state index contributed by atoms with van der Waals surface area (Å²) < 4.78 is 41.6. The molecule has 1 aromatic heterocycles. The van der Waals surface area contributed by atoms with E-state index >= 15 is 0 Å². The summed E-state index contributed by atoms with van der Waals surface area (Å²) in [6.07, 6.45) is 0.312. The summed E-state index contributed by atoms with van der Waals surface area (Å²) in [7, 11) is 0. The zero-order valence-electron chi connectivity index (χ0n) is 24.2. The Labute approximate surface area is 244 Å². The summed E-state index contributed by atoms with van der Waals surface area (Å²) in [4.78, 5) is 19.1. The number of likely N-dealkylation sites (tertiary alicyclic amines) is 1. The predicted molar refractivity (Wildman–Crippen MR) is 158 cm³/mol. The Morgan fingerprint density at radius 1 is 1.07 bits per heavy atom. The van der Waals surface area contributed by atoms with Gasteiger partial charge in [-0.1, -0.05) is 37.3 Å². The van der Waals surface area contributed by atoms with Crippen LogP contribution in [0.25, 0.3) is 11.3 Å². The highest BCUT2D eigenvalue weighted by Crippen LogP contribution is 2.48. The molecule has 2 fully saturated rings. The Morgan fingerprint density at radius 3 is 2.34 bits per heavy atom. The number of hydrogen-bond acceptors (Lipinski definition) is 6. The van der Waals surface area contributed by atoms with Crippen molar-refractivity contribution in [1.29, 1.82) is 0 Å². The van der Waals surface area contributed by atoms with Gasteiger partial charge in [-0.3, -0.25) is 0 Å². The average molecular weight is 580 g/mol. The van der Waals surface area contributed by atoms with Gasteiger partial charge in [0.05, 0.1) is 11.2 Å². The Kier molecular flexibility index (Phi) is 8.32. The number of piperidine rings is 1. The molecule has 41 heavy (non-hydrogen) atoms. The Morgan fingerprint density at radius 2 is 1.73 bits per heavy atom. The standard InChI is InChI=1S/C32H38FN3O4S/c1-6-32(5,35-41(38)31(2,3)4)23-16-27(22-12-14-24(33)15-13-22)34-28(17-23)40-29-25-18-36(19-26(25)29)30(37)39-20-21-10-8-7-9-11-21/h7-17,25-26,29,35H,6,18-20H2,1-5H3/t25-,26+,29?,32?,41?. The first-order valence-electron chi connectivity index (χ1n) is 14.1. The maximum Gasteiger partial charge on any atom is 0.410 e. The number of aromatic nitrogens is 1. The third-order valence-electron chi connectivity index (χ3n) is 8.00. The van der Waals surface area contributed by atoms with Crippen LogP contribution in [-0.2, 0) is 28.2 Å². The van der Waals surface area contributed by atoms with Gasteiger partial charge in [-0.15, -0.1) is 4.72 Å². The van der Waals surface area contributed by atoms with Crippen LogP contribution in [0.3, 0.4) is 0 Å². The highest BCUT2D eigenvalue weighted by molar-refractivity contribution is 7.90. The third-order valence-corrected chi connectivity index (χ3v) is 9.74. The van der Waals surface area contributed by atoms with Crippen LogP contribution in [0.1, 0.15) is 52.2 Å². The molecule has 5 rings (SSSR count). The van der Waals surface area contributed by atoms with Crippen LogP contribution in [0.15, 0.2) is 66.7 Å². The molecule has 0 bridgehead atoms. The van der Waals surface area contributed by atoms with Crippen molar-refractivity contribution < 1.29 is 23.2 Å². The number of pyridine rings is 1. The molecule has 3 aromatic rings. The van der Waals surface area contributed by atoms with Gasteiger partial charge in [0.15, 0.2) is 0 Å². The average Bonchev–Trinajstić information content (AvgIpc) is 3.37. The number of carbonyl (C=O) groups is 1. The van der Waals surface area contributed by atoms with E-state index in [0.717, 1.165) is 16.7 Å². The molecule has 1 N–H and O–H groups in total. The molecule has 3 unspecified atom stereocenters. The van der Waals surface area contributed by atoms with E-state index in [1.807, 2.05) is 77.1 Å². The van der Waals surface area contributed by atoms with Crippen molar-refractivity contribution in [2.24, 2.45) is 11.8 Å². The second-order valence-electron chi connectivity index (χ2n) is 12.1. The van der Waals surface area contributed by atoms with Crippen molar-refractivity contribution in [3.05, 3.63) is 83.7 Å². The van der Waals surface area contributed by atoms with Crippen molar-refractivity contribution in [2.45, 2.75) is 64.0 Å². The molecule has 0 radical (unpaired) electrons. The number of amides is 1. The van der Waals surface area contributed by atoms with Crippen LogP contribution in [0.2, 0.25) is 0 Å². The molecule has 5 atom stereocenters. The lowest BCUT2D eigenvalue weighted by Crippen LogP contribution is -2.49. The van der Waals surface area contributed by atoms with E-state index in [1.165, 1.54) is 12.1 Å². The maximum atomic E-state index is 13.7. The number of nitrogens with zero attached hydrogens (tertiary/aromatic N) is 2. The lowest BCUT2D eigenvalue weighted by Gasteiger charge is -2.35. The van der Waals surface area contributed by atoms with Crippen LogP contribution in [0.5, 0.6) is 5.88 Å². The number of fused-ring (bicyclic) bond motifs is 1. The summed E-state index contributed by atoms with van der Waals surface area (Å²) in [5.74, 6) is 0.563. The molecule has 2 aliphatic rings. The highest BCUT2D eigenvalue weighted by atomic mass is 32.2. The topological polar surface area (TPSA) is 86.8 Å². The summed E-state index contributed by atoms with van der Waals surface area (Å²) in [6.45, 7) is 11.3. The SMILES string of the molecule is CCC(C)(N[S+]([O-])C(C)(C)C)c1cc(OC2[C@H]3CN(C(=O)OCc4ccccc4)C[C@@H]23)nc(-c2ccc(F)cc2)c1. The van der Waals surface area contributed by atoms with Gasteiger partial charge in [0, 0.05) is 47.9 Å². The van der Waals surface area contributed by atoms with E-state index < -0.39 is 21.6 Å². The van der Waals surface area contributed by atoms with Gasteiger partial charge in [0.2, 0.25) is 5.88 Å². The molecule has 1 aliphatic heterocycles. The van der Waals surface area contributed by atoms with Crippen molar-refractivity contribution in [3.63, 3.8) is 0 Å². The van der Waals surface area contributed by atoms with Gasteiger partial charge in [0.1, 0.15) is 23.3 Å². The predicted octanol–water partition coefficient (Wildman–Crippen LogP) is 6.21. The quantitative estimate of drug-likeness (QED) is 0.303. The van der Waals surface area contributed by atoms with E-state index in [1.54, 1.807) is 17.0 Å². The summed E-state index contributed by atoms with van der Waals surface area (Å²) in [5.41, 5.74) is 2.63. The van der Waals surface area contributed by atoms with Gasteiger partial charge in [-0.05, 0) is 75.6 Å². The molecule has 1 saturated heterocycles. The zero-order chi connectivity index (χ0) is 29.4. The number of hydrogen-bond donors (Lipinski definition) is 1. The molecule has 1 saturated carbocycles. The normalized spacial score (nSPS) is 22.0. The number of ether oxygens (including phenoxy) is 2. The Hall–Kier alpha value is -3.14. The van der Waals surface area contributed by atoms with Crippen LogP contribution in [0, 0.1) is 17.7 Å². The Bertz CT molecular complexity index is 1360. The fraction of sp³-hybridized carbons (Fsp3) is 0.438. The second kappa shape index (κ2) is 11.6. The minimum Gasteiger partial charge on any atom is -0.598 e. The van der Waals surface area contributed by atoms with Crippen molar-refractivity contribution in [1.82, 2.24) is 14.6 Å². The largest absolute Gasteiger partial charge is 0.598 e. The number of nitrogens with one attached hydrogen (secondary N) is 1. The van der Waals surface area contributed by atoms with Gasteiger partial charge >= 0.3 is 6.09 Å². The molecule has 218 valence electrons. The summed E-state index contributed by atoms with van der Waals surface area (Å²) in [6, 6.07) is 19.7. The van der Waals surface area contributed by atoms with Crippen molar-refractivity contribution in [2.75, 3.05) is 13.1 Å². The first-order chi connectivity index (χ1) is 19.5. The molecule has 9 heteroatoms. The van der Waals surface area contributed by atoms with Crippen molar-refractivity contribution >= 4 is 17.5 Å². The molecule has 0 spiro atoms.